The lowest BCUT2D eigenvalue weighted by Crippen LogP contribution is -2.23. The van der Waals surface area contributed by atoms with Gasteiger partial charge in [-0.3, -0.25) is 0 Å². The molecule has 4 nitrogen and oxygen atoms in total. The molecule has 1 aromatic heterocycles. The highest BCUT2D eigenvalue weighted by Gasteiger charge is 2.19. The molecule has 0 aliphatic carbocycles. The molecule has 0 bridgehead atoms. The number of sulfonamides is 1. The zero-order valence-corrected chi connectivity index (χ0v) is 15.7. The Balaban J connectivity index is 1.72. The molecule has 0 saturated carbocycles. The van der Waals surface area contributed by atoms with Crippen molar-refractivity contribution in [3.8, 4) is 11.3 Å². The minimum absolute atomic E-state index is 0.150. The second kappa shape index (κ2) is 7.02. The lowest BCUT2D eigenvalue weighted by atomic mass is 10.1. The van der Waals surface area contributed by atoms with Crippen LogP contribution in [0.3, 0.4) is 0 Å². The third kappa shape index (κ3) is 3.52. The average molecular weight is 377 g/mol. The second-order valence-corrected chi connectivity index (χ2v) is 8.18. The number of aryl methyl sites for hydroxylation is 1. The van der Waals surface area contributed by atoms with Crippen LogP contribution in [-0.4, -0.2) is 8.42 Å². The number of nitrogens with one attached hydrogen (secondary N) is 1. The summed E-state index contributed by atoms with van der Waals surface area (Å²) in [6.07, 6.45) is 0. The number of benzene rings is 3. The minimum Gasteiger partial charge on any atom is -0.456 e. The van der Waals surface area contributed by atoms with Gasteiger partial charge in [-0.2, -0.15) is 0 Å². The van der Waals surface area contributed by atoms with E-state index >= 15 is 0 Å². The van der Waals surface area contributed by atoms with Crippen LogP contribution in [0.2, 0.25) is 0 Å². The summed E-state index contributed by atoms with van der Waals surface area (Å²) in [5.74, 6) is 0.684. The molecule has 5 heteroatoms. The highest BCUT2D eigenvalue weighted by molar-refractivity contribution is 7.89. The Bertz CT molecular complexity index is 1180. The number of fused-ring (bicyclic) bond motifs is 1. The van der Waals surface area contributed by atoms with Crippen molar-refractivity contribution in [2.75, 3.05) is 0 Å². The van der Waals surface area contributed by atoms with E-state index in [0.717, 1.165) is 27.7 Å². The Morgan fingerprint density at radius 1 is 0.852 bits per heavy atom. The maximum atomic E-state index is 12.7. The maximum Gasteiger partial charge on any atom is 0.240 e. The summed E-state index contributed by atoms with van der Waals surface area (Å²) in [4.78, 5) is 0.252. The number of hydrogen-bond acceptors (Lipinski definition) is 3. The summed E-state index contributed by atoms with van der Waals surface area (Å²) in [5.41, 5.74) is 3.49. The number of rotatable bonds is 5. The van der Waals surface area contributed by atoms with Crippen LogP contribution in [0.4, 0.5) is 0 Å². The van der Waals surface area contributed by atoms with Crippen molar-refractivity contribution in [2.45, 2.75) is 18.4 Å². The Morgan fingerprint density at radius 2 is 1.52 bits per heavy atom. The maximum absolute atomic E-state index is 12.7. The summed E-state index contributed by atoms with van der Waals surface area (Å²) in [5, 5.41) is 0.906. The molecular formula is C22H19NO3S. The fourth-order valence-corrected chi connectivity index (χ4v) is 4.06. The summed E-state index contributed by atoms with van der Waals surface area (Å²) >= 11 is 0. The third-order valence-electron chi connectivity index (χ3n) is 4.50. The molecule has 136 valence electrons. The normalized spacial score (nSPS) is 11.7. The molecule has 0 atom stereocenters. The van der Waals surface area contributed by atoms with E-state index in [0.29, 0.717) is 5.76 Å². The van der Waals surface area contributed by atoms with Crippen molar-refractivity contribution in [1.29, 1.82) is 0 Å². The van der Waals surface area contributed by atoms with Crippen LogP contribution in [0.5, 0.6) is 0 Å². The predicted molar refractivity (Wildman–Crippen MR) is 107 cm³/mol. The third-order valence-corrected chi connectivity index (χ3v) is 5.92. The van der Waals surface area contributed by atoms with Crippen molar-refractivity contribution in [3.63, 3.8) is 0 Å². The summed E-state index contributed by atoms with van der Waals surface area (Å²) in [6.45, 7) is 2.07. The topological polar surface area (TPSA) is 59.3 Å². The monoisotopic (exact) mass is 377 g/mol. The van der Waals surface area contributed by atoms with Crippen LogP contribution in [0.15, 0.2) is 88.2 Å². The van der Waals surface area contributed by atoms with E-state index in [1.54, 1.807) is 24.3 Å². The fourth-order valence-electron chi connectivity index (χ4n) is 3.06. The molecule has 0 amide bonds. The Hall–Kier alpha value is -2.89. The summed E-state index contributed by atoms with van der Waals surface area (Å²) in [7, 11) is -3.61. The predicted octanol–water partition coefficient (Wildman–Crippen LogP) is 4.89. The molecule has 0 aliphatic heterocycles. The summed E-state index contributed by atoms with van der Waals surface area (Å²) < 4.78 is 34.1. The van der Waals surface area contributed by atoms with Crippen LogP contribution in [0, 0.1) is 6.92 Å². The van der Waals surface area contributed by atoms with Gasteiger partial charge in [0.05, 0.1) is 4.90 Å². The lowest BCUT2D eigenvalue weighted by molar-refractivity contribution is 0.580. The van der Waals surface area contributed by atoms with E-state index in [-0.39, 0.29) is 11.4 Å². The van der Waals surface area contributed by atoms with Crippen LogP contribution < -0.4 is 4.72 Å². The van der Waals surface area contributed by atoms with Crippen LogP contribution in [-0.2, 0) is 16.6 Å². The summed E-state index contributed by atoms with van der Waals surface area (Å²) in [6, 6.07) is 24.2. The van der Waals surface area contributed by atoms with Gasteiger partial charge in [-0.15, -0.1) is 0 Å². The molecule has 4 rings (SSSR count). The first-order valence-corrected chi connectivity index (χ1v) is 10.1. The number of para-hydroxylation sites is 1. The van der Waals surface area contributed by atoms with E-state index in [9.17, 15) is 8.42 Å². The van der Waals surface area contributed by atoms with Gasteiger partial charge in [0.25, 0.3) is 0 Å². The molecule has 4 aromatic rings. The first-order valence-electron chi connectivity index (χ1n) is 8.67. The largest absolute Gasteiger partial charge is 0.456 e. The van der Waals surface area contributed by atoms with Crippen LogP contribution in [0.1, 0.15) is 11.1 Å². The number of furan rings is 1. The van der Waals surface area contributed by atoms with E-state index in [1.807, 2.05) is 61.5 Å². The van der Waals surface area contributed by atoms with Gasteiger partial charge in [-0.1, -0.05) is 66.2 Å². The molecule has 0 unspecified atom stereocenters. The van der Waals surface area contributed by atoms with Crippen molar-refractivity contribution in [3.05, 3.63) is 90.0 Å². The van der Waals surface area contributed by atoms with Crippen LogP contribution in [0.25, 0.3) is 22.3 Å². The van der Waals surface area contributed by atoms with Crippen molar-refractivity contribution >= 4 is 21.0 Å². The van der Waals surface area contributed by atoms with E-state index in [2.05, 4.69) is 4.72 Å². The van der Waals surface area contributed by atoms with E-state index in [4.69, 9.17) is 4.42 Å². The molecule has 0 aliphatic rings. The molecular weight excluding hydrogens is 358 g/mol. The standard InChI is InChI=1S/C22H19NO3S/c1-16-11-13-18(14-12-16)27(24,25)23-15-20-19-9-5-6-10-21(19)26-22(20)17-7-3-2-4-8-17/h2-14,23H,15H2,1H3. The van der Waals surface area contributed by atoms with E-state index in [1.165, 1.54) is 0 Å². The molecule has 0 radical (unpaired) electrons. The molecule has 0 fully saturated rings. The van der Waals surface area contributed by atoms with Gasteiger partial charge in [-0.05, 0) is 25.1 Å². The van der Waals surface area contributed by atoms with Gasteiger partial charge < -0.3 is 4.42 Å². The van der Waals surface area contributed by atoms with Crippen molar-refractivity contribution in [2.24, 2.45) is 0 Å². The molecule has 1 N–H and O–H groups in total. The average Bonchev–Trinajstić information content (AvgIpc) is 3.06. The first-order chi connectivity index (χ1) is 13.0. The van der Waals surface area contributed by atoms with Crippen molar-refractivity contribution in [1.82, 2.24) is 4.72 Å². The molecule has 0 spiro atoms. The van der Waals surface area contributed by atoms with Crippen molar-refractivity contribution < 1.29 is 12.8 Å². The first kappa shape index (κ1) is 17.5. The van der Waals surface area contributed by atoms with Gasteiger partial charge in [0.1, 0.15) is 11.3 Å². The Kier molecular flexibility index (Phi) is 4.56. The van der Waals surface area contributed by atoms with Gasteiger partial charge in [0.2, 0.25) is 10.0 Å². The van der Waals surface area contributed by atoms with Gasteiger partial charge in [0.15, 0.2) is 0 Å². The SMILES string of the molecule is Cc1ccc(S(=O)(=O)NCc2c(-c3ccccc3)oc3ccccc23)cc1. The Labute approximate surface area is 158 Å². The molecule has 27 heavy (non-hydrogen) atoms. The zero-order valence-electron chi connectivity index (χ0n) is 14.8. The smallest absolute Gasteiger partial charge is 0.240 e. The van der Waals surface area contributed by atoms with Crippen LogP contribution >= 0.6 is 0 Å². The molecule has 3 aromatic carbocycles. The molecule has 0 saturated heterocycles. The molecule has 1 heterocycles. The highest BCUT2D eigenvalue weighted by atomic mass is 32.2. The second-order valence-electron chi connectivity index (χ2n) is 6.41. The number of hydrogen-bond donors (Lipinski definition) is 1. The minimum atomic E-state index is -3.61. The van der Waals surface area contributed by atoms with E-state index < -0.39 is 10.0 Å². The highest BCUT2D eigenvalue weighted by Crippen LogP contribution is 2.33. The van der Waals surface area contributed by atoms with Gasteiger partial charge in [0, 0.05) is 23.1 Å². The quantitative estimate of drug-likeness (QED) is 0.539. The van der Waals surface area contributed by atoms with Gasteiger partial charge in [-0.25, -0.2) is 13.1 Å². The Morgan fingerprint density at radius 3 is 2.26 bits per heavy atom. The van der Waals surface area contributed by atoms with Gasteiger partial charge >= 0.3 is 0 Å². The zero-order chi connectivity index (χ0) is 18.9. The lowest BCUT2D eigenvalue weighted by Gasteiger charge is -2.08. The fraction of sp³-hybridized carbons (Fsp3) is 0.0909.